The fraction of sp³-hybridized carbons (Fsp3) is 0.304. The van der Waals surface area contributed by atoms with Gasteiger partial charge in [0.2, 0.25) is 0 Å². The van der Waals surface area contributed by atoms with Crippen LogP contribution in [0.3, 0.4) is 0 Å². The predicted molar refractivity (Wildman–Crippen MR) is 115 cm³/mol. The molecule has 1 amide bonds. The van der Waals surface area contributed by atoms with Gasteiger partial charge in [0.05, 0.1) is 5.56 Å². The van der Waals surface area contributed by atoms with Crippen LogP contribution in [0.2, 0.25) is 0 Å². The summed E-state index contributed by atoms with van der Waals surface area (Å²) in [5.41, 5.74) is 1.88. The number of thiophene rings is 1. The second-order valence-corrected chi connectivity index (χ2v) is 9.57. The monoisotopic (exact) mass is 389 g/mol. The molecule has 4 rings (SSSR count). The van der Waals surface area contributed by atoms with E-state index < -0.39 is 0 Å². The van der Waals surface area contributed by atoms with E-state index in [9.17, 15) is 10.1 Å². The number of hydrogen-bond acceptors (Lipinski definition) is 4. The number of carbonyl (C=O) groups excluding carboxylic acids is 1. The second-order valence-electron chi connectivity index (χ2n) is 8.55. The average molecular weight is 390 g/mol. The van der Waals surface area contributed by atoms with Gasteiger partial charge in [-0.05, 0) is 62.6 Å². The van der Waals surface area contributed by atoms with Crippen LogP contribution in [0, 0.1) is 11.3 Å². The van der Waals surface area contributed by atoms with Crippen LogP contribution in [0.4, 0.5) is 5.00 Å². The van der Waals surface area contributed by atoms with Crippen LogP contribution >= 0.6 is 11.3 Å². The third kappa shape index (κ3) is 3.19. The third-order valence-electron chi connectivity index (χ3n) is 5.19. The van der Waals surface area contributed by atoms with Crippen LogP contribution in [0.15, 0.2) is 42.5 Å². The molecule has 0 saturated carbocycles. The fourth-order valence-electron chi connectivity index (χ4n) is 4.24. The van der Waals surface area contributed by atoms with E-state index in [2.05, 4.69) is 44.4 Å². The molecule has 1 aliphatic rings. The summed E-state index contributed by atoms with van der Waals surface area (Å²) in [6, 6.07) is 16.0. The summed E-state index contributed by atoms with van der Waals surface area (Å²) in [6.45, 7) is 8.53. The molecular formula is C23H23N3OS. The van der Waals surface area contributed by atoms with E-state index in [0.717, 1.165) is 27.6 Å². The lowest BCUT2D eigenvalue weighted by atomic mass is 9.81. The molecule has 0 saturated heterocycles. The van der Waals surface area contributed by atoms with Crippen molar-refractivity contribution in [2.24, 2.45) is 0 Å². The SMILES string of the molecule is CC1(C)Cc2c(sc(NC(=O)c3ccc4ccccc4c3)c2C#N)C(C)(C)N1. The minimum Gasteiger partial charge on any atom is -0.312 e. The Hall–Kier alpha value is -2.68. The summed E-state index contributed by atoms with van der Waals surface area (Å²) in [5, 5.41) is 19.2. The lowest BCUT2D eigenvalue weighted by Gasteiger charge is -2.42. The van der Waals surface area contributed by atoms with Crippen LogP contribution in [-0.2, 0) is 12.0 Å². The standard InChI is InChI=1S/C23H23N3OS/c1-22(2)12-17-18(13-24)21(28-19(17)23(3,4)26-22)25-20(27)16-10-9-14-7-5-6-8-15(14)11-16/h5-11,26H,12H2,1-4H3,(H,25,27). The minimum atomic E-state index is -0.251. The van der Waals surface area contributed by atoms with Gasteiger partial charge in [-0.2, -0.15) is 5.26 Å². The normalized spacial score (nSPS) is 17.0. The van der Waals surface area contributed by atoms with Gasteiger partial charge in [-0.1, -0.05) is 30.3 Å². The predicted octanol–water partition coefficient (Wildman–Crippen LogP) is 5.18. The number of benzene rings is 2. The van der Waals surface area contributed by atoms with Gasteiger partial charge in [0.25, 0.3) is 5.91 Å². The number of fused-ring (bicyclic) bond motifs is 2. The molecule has 5 heteroatoms. The number of nitriles is 1. The Kier molecular flexibility index (Phi) is 4.29. The zero-order valence-corrected chi connectivity index (χ0v) is 17.3. The first-order valence-electron chi connectivity index (χ1n) is 9.36. The molecule has 2 N–H and O–H groups in total. The van der Waals surface area contributed by atoms with Gasteiger partial charge in [0, 0.05) is 21.5 Å². The van der Waals surface area contributed by atoms with E-state index in [1.54, 1.807) is 0 Å². The minimum absolute atomic E-state index is 0.108. The maximum absolute atomic E-state index is 12.9. The lowest BCUT2D eigenvalue weighted by molar-refractivity contribution is 0.102. The van der Waals surface area contributed by atoms with Crippen molar-refractivity contribution in [3.05, 3.63) is 64.0 Å². The van der Waals surface area contributed by atoms with Crippen LogP contribution in [0.5, 0.6) is 0 Å². The summed E-state index contributed by atoms with van der Waals surface area (Å²) in [5.74, 6) is -0.189. The van der Waals surface area contributed by atoms with Crippen molar-refractivity contribution >= 4 is 33.0 Å². The summed E-state index contributed by atoms with van der Waals surface area (Å²) in [4.78, 5) is 14.0. The molecule has 3 aromatic rings. The zero-order chi connectivity index (χ0) is 20.1. The van der Waals surface area contributed by atoms with Gasteiger partial charge in [0.1, 0.15) is 11.1 Å². The van der Waals surface area contributed by atoms with Crippen molar-refractivity contribution in [3.63, 3.8) is 0 Å². The van der Waals surface area contributed by atoms with E-state index in [-0.39, 0.29) is 17.0 Å². The Morgan fingerprint density at radius 1 is 1.14 bits per heavy atom. The number of rotatable bonds is 2. The van der Waals surface area contributed by atoms with E-state index in [0.29, 0.717) is 16.1 Å². The Morgan fingerprint density at radius 2 is 1.86 bits per heavy atom. The molecule has 0 bridgehead atoms. The van der Waals surface area contributed by atoms with Gasteiger partial charge >= 0.3 is 0 Å². The maximum Gasteiger partial charge on any atom is 0.256 e. The first kappa shape index (κ1) is 18.7. The number of nitrogens with zero attached hydrogens (tertiary/aromatic N) is 1. The fourth-order valence-corrected chi connectivity index (χ4v) is 5.46. The number of anilines is 1. The van der Waals surface area contributed by atoms with Gasteiger partial charge in [0.15, 0.2) is 0 Å². The van der Waals surface area contributed by atoms with Crippen molar-refractivity contribution in [2.45, 2.75) is 45.2 Å². The third-order valence-corrected chi connectivity index (χ3v) is 6.67. The molecule has 0 aliphatic carbocycles. The lowest BCUT2D eigenvalue weighted by Crippen LogP contribution is -2.54. The molecule has 0 unspecified atom stereocenters. The molecule has 0 atom stereocenters. The highest BCUT2D eigenvalue weighted by Crippen LogP contribution is 2.44. The Balaban J connectivity index is 1.71. The van der Waals surface area contributed by atoms with Crippen LogP contribution in [0.25, 0.3) is 10.8 Å². The van der Waals surface area contributed by atoms with E-state index >= 15 is 0 Å². The summed E-state index contributed by atoms with van der Waals surface area (Å²) in [7, 11) is 0. The van der Waals surface area contributed by atoms with Crippen molar-refractivity contribution in [2.75, 3.05) is 5.32 Å². The molecule has 1 aromatic heterocycles. The average Bonchev–Trinajstić information content (AvgIpc) is 2.97. The van der Waals surface area contributed by atoms with Gasteiger partial charge in [-0.3, -0.25) is 4.79 Å². The highest BCUT2D eigenvalue weighted by molar-refractivity contribution is 7.17. The Morgan fingerprint density at radius 3 is 2.57 bits per heavy atom. The number of nitrogens with one attached hydrogen (secondary N) is 2. The smallest absolute Gasteiger partial charge is 0.256 e. The molecule has 142 valence electrons. The zero-order valence-electron chi connectivity index (χ0n) is 16.5. The van der Waals surface area contributed by atoms with Crippen molar-refractivity contribution in [1.82, 2.24) is 5.32 Å². The number of hydrogen-bond donors (Lipinski definition) is 2. The van der Waals surface area contributed by atoms with Crippen LogP contribution < -0.4 is 10.6 Å². The Labute approximate surface area is 169 Å². The van der Waals surface area contributed by atoms with E-state index in [1.165, 1.54) is 11.3 Å². The molecule has 0 radical (unpaired) electrons. The Bertz CT molecular complexity index is 1130. The molecule has 1 aliphatic heterocycles. The molecule has 2 aromatic carbocycles. The summed E-state index contributed by atoms with van der Waals surface area (Å²) >= 11 is 1.50. The van der Waals surface area contributed by atoms with Crippen LogP contribution in [0.1, 0.15) is 54.1 Å². The highest BCUT2D eigenvalue weighted by Gasteiger charge is 2.40. The van der Waals surface area contributed by atoms with Crippen molar-refractivity contribution in [3.8, 4) is 6.07 Å². The summed E-state index contributed by atoms with van der Waals surface area (Å²) in [6.07, 6.45) is 0.761. The number of carbonyl (C=O) groups is 1. The summed E-state index contributed by atoms with van der Waals surface area (Å²) < 4.78 is 0. The van der Waals surface area contributed by atoms with E-state index in [4.69, 9.17) is 0 Å². The van der Waals surface area contributed by atoms with Crippen molar-refractivity contribution in [1.29, 1.82) is 5.26 Å². The van der Waals surface area contributed by atoms with Gasteiger partial charge in [-0.15, -0.1) is 11.3 Å². The maximum atomic E-state index is 12.9. The van der Waals surface area contributed by atoms with E-state index in [1.807, 2.05) is 42.5 Å². The molecular weight excluding hydrogens is 366 g/mol. The first-order chi connectivity index (χ1) is 13.2. The topological polar surface area (TPSA) is 64.9 Å². The van der Waals surface area contributed by atoms with Crippen LogP contribution in [-0.4, -0.2) is 11.4 Å². The highest BCUT2D eigenvalue weighted by atomic mass is 32.1. The molecule has 4 nitrogen and oxygen atoms in total. The quantitative estimate of drug-likeness (QED) is 0.634. The van der Waals surface area contributed by atoms with Gasteiger partial charge in [-0.25, -0.2) is 0 Å². The second kappa shape index (κ2) is 6.44. The molecule has 0 spiro atoms. The molecule has 2 heterocycles. The molecule has 28 heavy (non-hydrogen) atoms. The van der Waals surface area contributed by atoms with Crippen molar-refractivity contribution < 1.29 is 4.79 Å². The number of amides is 1. The van der Waals surface area contributed by atoms with Gasteiger partial charge < -0.3 is 10.6 Å². The molecule has 0 fully saturated rings. The largest absolute Gasteiger partial charge is 0.312 e. The first-order valence-corrected chi connectivity index (χ1v) is 10.2.